The fourth-order valence-corrected chi connectivity index (χ4v) is 4.94. The number of methoxy groups -OCH3 is 1. The van der Waals surface area contributed by atoms with E-state index in [9.17, 15) is 29.4 Å². The molecule has 2 aromatic rings. The number of carbonyl (C=O) groups excluding carboxylic acids is 4. The first-order chi connectivity index (χ1) is 20.1. The number of esters is 1. The van der Waals surface area contributed by atoms with Crippen molar-refractivity contribution in [1.82, 2.24) is 10.6 Å². The highest BCUT2D eigenvalue weighted by Crippen LogP contribution is 2.44. The highest BCUT2D eigenvalue weighted by Gasteiger charge is 2.31. The number of fused-ring (bicyclic) bond motifs is 1. The number of rotatable bonds is 8. The first kappa shape index (κ1) is 32.2. The van der Waals surface area contributed by atoms with E-state index in [4.69, 9.17) is 9.47 Å². The molecule has 1 heterocycles. The van der Waals surface area contributed by atoms with Gasteiger partial charge in [0.25, 0.3) is 0 Å². The van der Waals surface area contributed by atoms with Crippen molar-refractivity contribution in [2.75, 3.05) is 20.2 Å². The van der Waals surface area contributed by atoms with Gasteiger partial charge in [-0.05, 0) is 61.9 Å². The Morgan fingerprint density at radius 3 is 2.45 bits per heavy atom. The van der Waals surface area contributed by atoms with Gasteiger partial charge in [0.1, 0.15) is 28.6 Å². The van der Waals surface area contributed by atoms with Crippen LogP contribution in [-0.4, -0.2) is 60.1 Å². The molecule has 1 unspecified atom stereocenters. The second-order valence-corrected chi connectivity index (χ2v) is 10.4. The lowest BCUT2D eigenvalue weighted by Gasteiger charge is -2.23. The van der Waals surface area contributed by atoms with E-state index < -0.39 is 23.7 Å². The number of hydrogen-bond acceptors (Lipinski definition) is 8. The minimum atomic E-state index is -0.838. The number of carbonyl (C=O) groups is 4. The number of aromatic hydroxyl groups is 2. The van der Waals surface area contributed by atoms with Crippen LogP contribution in [0.3, 0.4) is 0 Å². The third-order valence-electron chi connectivity index (χ3n) is 7.13. The fraction of sp³-hybridized carbons (Fsp3) is 0.438. The molecule has 0 saturated heterocycles. The van der Waals surface area contributed by atoms with Crippen LogP contribution in [0.15, 0.2) is 36.4 Å². The van der Waals surface area contributed by atoms with Gasteiger partial charge in [0.2, 0.25) is 11.8 Å². The average molecular weight is 581 g/mol. The van der Waals surface area contributed by atoms with Crippen LogP contribution in [0.1, 0.15) is 91.8 Å². The van der Waals surface area contributed by atoms with Crippen molar-refractivity contribution in [3.05, 3.63) is 58.7 Å². The molecule has 10 nitrogen and oxygen atoms in total. The van der Waals surface area contributed by atoms with Crippen LogP contribution in [0.4, 0.5) is 0 Å². The van der Waals surface area contributed by atoms with Crippen molar-refractivity contribution in [3.8, 4) is 17.2 Å². The Morgan fingerprint density at radius 1 is 1.07 bits per heavy atom. The molecule has 2 amide bonds. The summed E-state index contributed by atoms with van der Waals surface area (Å²) in [6.45, 7) is 3.55. The molecule has 1 aliphatic heterocycles. The second-order valence-electron chi connectivity index (χ2n) is 10.4. The smallest absolute Gasteiger partial charge is 0.342 e. The van der Waals surface area contributed by atoms with Crippen molar-refractivity contribution in [2.24, 2.45) is 0 Å². The van der Waals surface area contributed by atoms with E-state index in [1.54, 1.807) is 43.3 Å². The molecular weight excluding hydrogens is 540 g/mol. The summed E-state index contributed by atoms with van der Waals surface area (Å²) in [5, 5.41) is 28.2. The molecule has 4 N–H and O–H groups in total. The van der Waals surface area contributed by atoms with E-state index in [2.05, 4.69) is 10.6 Å². The molecule has 226 valence electrons. The van der Waals surface area contributed by atoms with Crippen molar-refractivity contribution >= 4 is 29.6 Å². The Morgan fingerprint density at radius 2 is 1.76 bits per heavy atom. The van der Waals surface area contributed by atoms with Gasteiger partial charge >= 0.3 is 5.97 Å². The average Bonchev–Trinajstić information content (AvgIpc) is 2.94. The zero-order chi connectivity index (χ0) is 30.6. The number of phenols is 2. The number of hydrogen-bond donors (Lipinski definition) is 4. The maximum atomic E-state index is 13.4. The number of ketones is 1. The van der Waals surface area contributed by atoms with Gasteiger partial charge in [-0.3, -0.25) is 14.4 Å². The molecule has 1 aliphatic rings. The predicted octanol–water partition coefficient (Wildman–Crippen LogP) is 4.36. The van der Waals surface area contributed by atoms with Gasteiger partial charge in [0.05, 0.1) is 13.2 Å². The molecule has 0 spiro atoms. The van der Waals surface area contributed by atoms with E-state index in [1.807, 2.05) is 0 Å². The molecule has 0 saturated carbocycles. The molecular formula is C32H40N2O8. The Bertz CT molecular complexity index is 1300. The standard InChI is InChI=1S/C32H40N2O8/c1-20-8-7-11-24(36)10-6-4-5-9-23-18-27(37)30(31(39)29(23)32(40)42-20)26(22-12-14-25(41-3)15-13-22)19-28(38)34-17-16-33-21(2)35/h5,9,12-15,18,20,26,37,39H,4,6-8,10-11,16-17,19H2,1-3H3,(H,33,35)(H,34,38)/t20-,26?/m0/s1. The summed E-state index contributed by atoms with van der Waals surface area (Å²) in [6, 6.07) is 8.23. The van der Waals surface area contributed by atoms with E-state index in [0.717, 1.165) is 0 Å². The minimum absolute atomic E-state index is 0.0145. The quantitative estimate of drug-likeness (QED) is 0.266. The van der Waals surface area contributed by atoms with Gasteiger partial charge in [0, 0.05) is 50.8 Å². The lowest BCUT2D eigenvalue weighted by Crippen LogP contribution is -2.34. The number of cyclic esters (lactones) is 1. The molecule has 0 aromatic heterocycles. The van der Waals surface area contributed by atoms with Crippen LogP contribution in [0.2, 0.25) is 0 Å². The third kappa shape index (κ3) is 9.09. The molecule has 3 rings (SSSR count). The Labute approximate surface area is 246 Å². The summed E-state index contributed by atoms with van der Waals surface area (Å²) in [6.07, 6.45) is 5.91. The first-order valence-electron chi connectivity index (χ1n) is 14.2. The molecule has 2 atom stereocenters. The lowest BCUT2D eigenvalue weighted by molar-refractivity contribution is -0.122. The summed E-state index contributed by atoms with van der Waals surface area (Å²) in [5.74, 6) is -2.22. The molecule has 42 heavy (non-hydrogen) atoms. The van der Waals surface area contributed by atoms with Crippen molar-refractivity contribution in [3.63, 3.8) is 0 Å². The number of nitrogens with one attached hydrogen (secondary N) is 2. The number of allylic oxidation sites excluding steroid dienone is 1. The zero-order valence-electron chi connectivity index (χ0n) is 24.4. The Balaban J connectivity index is 2.05. The topological polar surface area (TPSA) is 151 Å². The van der Waals surface area contributed by atoms with Gasteiger partial charge in [-0.1, -0.05) is 24.3 Å². The summed E-state index contributed by atoms with van der Waals surface area (Å²) in [4.78, 5) is 49.7. The van der Waals surface area contributed by atoms with Crippen molar-refractivity contribution in [2.45, 2.75) is 70.8 Å². The van der Waals surface area contributed by atoms with Crippen molar-refractivity contribution in [1.29, 1.82) is 0 Å². The molecule has 0 fully saturated rings. The van der Waals surface area contributed by atoms with Gasteiger partial charge in [-0.25, -0.2) is 4.79 Å². The number of Topliss-reactive ketones (excluding diaryl/α,β-unsaturated/α-hetero) is 1. The monoisotopic (exact) mass is 580 g/mol. The molecule has 2 aromatic carbocycles. The van der Waals surface area contributed by atoms with Crippen LogP contribution in [-0.2, 0) is 19.1 Å². The Kier molecular flexibility index (Phi) is 12.0. The van der Waals surface area contributed by atoms with E-state index in [0.29, 0.717) is 49.8 Å². The van der Waals surface area contributed by atoms with Gasteiger partial charge in [-0.2, -0.15) is 0 Å². The summed E-state index contributed by atoms with van der Waals surface area (Å²) < 4.78 is 10.9. The predicted molar refractivity (Wildman–Crippen MR) is 158 cm³/mol. The Hall–Kier alpha value is -4.34. The van der Waals surface area contributed by atoms with Gasteiger partial charge in [0.15, 0.2) is 0 Å². The van der Waals surface area contributed by atoms with Crippen molar-refractivity contribution < 1.29 is 38.9 Å². The highest BCUT2D eigenvalue weighted by molar-refractivity contribution is 5.98. The number of ether oxygens (including phenoxy) is 2. The van der Waals surface area contributed by atoms with Crippen LogP contribution in [0, 0.1) is 0 Å². The molecule has 0 bridgehead atoms. The lowest BCUT2D eigenvalue weighted by atomic mass is 9.84. The fourth-order valence-electron chi connectivity index (χ4n) is 4.94. The van der Waals surface area contributed by atoms with Crippen LogP contribution < -0.4 is 15.4 Å². The van der Waals surface area contributed by atoms with Crippen LogP contribution in [0.5, 0.6) is 17.2 Å². The first-order valence-corrected chi connectivity index (χ1v) is 14.2. The minimum Gasteiger partial charge on any atom is -0.507 e. The zero-order valence-corrected chi connectivity index (χ0v) is 24.4. The molecule has 0 radical (unpaired) electrons. The SMILES string of the molecule is COc1ccc(C(CC(=O)NCCNC(C)=O)c2c(O)cc3c(c2O)C(=O)O[C@@H](C)CCCC(=O)CCCC=C3)cc1. The molecule has 10 heteroatoms. The second kappa shape index (κ2) is 15.6. The number of phenolic OH excluding ortho intramolecular Hbond substituents is 2. The molecule has 0 aliphatic carbocycles. The number of benzene rings is 2. The maximum Gasteiger partial charge on any atom is 0.342 e. The normalized spacial score (nSPS) is 16.9. The van der Waals surface area contributed by atoms with Crippen LogP contribution in [0.25, 0.3) is 6.08 Å². The largest absolute Gasteiger partial charge is 0.507 e. The summed E-state index contributed by atoms with van der Waals surface area (Å²) in [7, 11) is 1.53. The summed E-state index contributed by atoms with van der Waals surface area (Å²) in [5.41, 5.74) is 0.771. The summed E-state index contributed by atoms with van der Waals surface area (Å²) >= 11 is 0. The number of amides is 2. The highest BCUT2D eigenvalue weighted by atomic mass is 16.5. The van der Waals surface area contributed by atoms with Gasteiger partial charge < -0.3 is 30.3 Å². The van der Waals surface area contributed by atoms with E-state index in [-0.39, 0.29) is 59.5 Å². The third-order valence-corrected chi connectivity index (χ3v) is 7.13. The maximum absolute atomic E-state index is 13.4. The van der Waals surface area contributed by atoms with Gasteiger partial charge in [-0.15, -0.1) is 0 Å². The van der Waals surface area contributed by atoms with E-state index >= 15 is 0 Å². The van der Waals surface area contributed by atoms with E-state index in [1.165, 1.54) is 20.1 Å². The van der Waals surface area contributed by atoms with Crippen LogP contribution >= 0.6 is 0 Å².